The van der Waals surface area contributed by atoms with Crippen LogP contribution in [0.4, 0.5) is 5.82 Å². The van der Waals surface area contributed by atoms with E-state index in [9.17, 15) is 15.3 Å². The number of nitrogens with zero attached hydrogens (tertiary/aromatic N) is 3. The van der Waals surface area contributed by atoms with Crippen molar-refractivity contribution >= 4 is 5.82 Å². The van der Waals surface area contributed by atoms with Gasteiger partial charge in [0.2, 0.25) is 0 Å². The molecule has 0 aliphatic heterocycles. The lowest BCUT2D eigenvalue weighted by Crippen LogP contribution is -2.23. The molecule has 6 heteroatoms. The topological polar surface area (TPSA) is 110 Å². The van der Waals surface area contributed by atoms with Crippen LogP contribution in [0.1, 0.15) is 30.5 Å². The summed E-state index contributed by atoms with van der Waals surface area (Å²) < 4.78 is 0. The minimum Gasteiger partial charge on any atom is -0.384 e. The Morgan fingerprint density at radius 2 is 1.75 bits per heavy atom. The van der Waals surface area contributed by atoms with E-state index in [1.54, 1.807) is 0 Å². The van der Waals surface area contributed by atoms with Crippen LogP contribution in [0.3, 0.4) is 0 Å². The summed E-state index contributed by atoms with van der Waals surface area (Å²) in [6.07, 6.45) is 0. The van der Waals surface area contributed by atoms with Gasteiger partial charge in [-0.25, -0.2) is 0 Å². The molecule has 1 aromatic carbocycles. The van der Waals surface area contributed by atoms with Crippen LogP contribution in [0, 0.1) is 22.7 Å². The summed E-state index contributed by atoms with van der Waals surface area (Å²) in [4.78, 5) is 16.7. The Morgan fingerprint density at radius 1 is 1.12 bits per heavy atom. The number of anilines is 1. The van der Waals surface area contributed by atoms with E-state index in [1.807, 2.05) is 36.4 Å². The van der Waals surface area contributed by atoms with Gasteiger partial charge in [-0.1, -0.05) is 38.1 Å². The van der Waals surface area contributed by atoms with Crippen LogP contribution >= 0.6 is 0 Å². The first-order chi connectivity index (χ1) is 11.6. The molecular weight excluding hydrogens is 302 g/mol. The second kappa shape index (κ2) is 7.45. The van der Waals surface area contributed by atoms with Gasteiger partial charge >= 0.3 is 0 Å². The lowest BCUT2D eigenvalue weighted by molar-refractivity contribution is 0.296. The summed E-state index contributed by atoms with van der Waals surface area (Å²) >= 11 is 0. The SMILES string of the molecule is CCN(CC)Cc1ccccc1-c1c(C#N)c(N)[nH]c(=O)c1C#N. The van der Waals surface area contributed by atoms with Crippen LogP contribution in [0.5, 0.6) is 0 Å². The molecule has 0 radical (unpaired) electrons. The molecule has 2 rings (SSSR count). The molecule has 3 N–H and O–H groups in total. The fourth-order valence-electron chi connectivity index (χ4n) is 2.70. The van der Waals surface area contributed by atoms with E-state index in [0.717, 1.165) is 18.7 Å². The molecule has 0 aliphatic rings. The maximum atomic E-state index is 12.1. The number of rotatable bonds is 5. The van der Waals surface area contributed by atoms with Gasteiger partial charge in [0.05, 0.1) is 0 Å². The van der Waals surface area contributed by atoms with E-state index in [4.69, 9.17) is 5.73 Å². The number of aromatic nitrogens is 1. The molecule has 1 heterocycles. The molecule has 0 saturated carbocycles. The molecule has 0 saturated heterocycles. The van der Waals surface area contributed by atoms with E-state index in [2.05, 4.69) is 23.7 Å². The molecule has 0 atom stereocenters. The number of aromatic amines is 1. The largest absolute Gasteiger partial charge is 0.384 e. The molecule has 122 valence electrons. The van der Waals surface area contributed by atoms with Crippen molar-refractivity contribution in [3.8, 4) is 23.3 Å². The fourth-order valence-corrected chi connectivity index (χ4v) is 2.70. The van der Waals surface area contributed by atoms with Gasteiger partial charge in [-0.2, -0.15) is 10.5 Å². The highest BCUT2D eigenvalue weighted by Crippen LogP contribution is 2.31. The zero-order valence-corrected chi connectivity index (χ0v) is 13.8. The molecule has 0 fully saturated rings. The van der Waals surface area contributed by atoms with E-state index in [1.165, 1.54) is 0 Å². The smallest absolute Gasteiger partial charge is 0.268 e. The fraction of sp³-hybridized carbons (Fsp3) is 0.278. The maximum Gasteiger partial charge on any atom is 0.268 e. The highest BCUT2D eigenvalue weighted by Gasteiger charge is 2.20. The average molecular weight is 321 g/mol. The summed E-state index contributed by atoms with van der Waals surface area (Å²) in [5, 5.41) is 18.9. The zero-order chi connectivity index (χ0) is 17.7. The molecule has 24 heavy (non-hydrogen) atoms. The van der Waals surface area contributed by atoms with Crippen LogP contribution in [0.15, 0.2) is 29.1 Å². The maximum absolute atomic E-state index is 12.1. The van der Waals surface area contributed by atoms with Gasteiger partial charge in [0.25, 0.3) is 5.56 Å². The van der Waals surface area contributed by atoms with Crippen LogP contribution in [0.2, 0.25) is 0 Å². The number of benzene rings is 1. The molecule has 0 unspecified atom stereocenters. The quantitative estimate of drug-likeness (QED) is 0.877. The van der Waals surface area contributed by atoms with Crippen molar-refractivity contribution in [1.82, 2.24) is 9.88 Å². The number of nitrogens with two attached hydrogens (primary N) is 1. The third kappa shape index (κ3) is 3.15. The minimum atomic E-state index is -0.582. The molecule has 0 bridgehead atoms. The Kier molecular flexibility index (Phi) is 5.36. The number of hydrogen-bond acceptors (Lipinski definition) is 5. The first-order valence-electron chi connectivity index (χ1n) is 7.73. The molecule has 2 aromatic rings. The van der Waals surface area contributed by atoms with Crippen LogP contribution < -0.4 is 11.3 Å². The molecule has 0 amide bonds. The Balaban J connectivity index is 2.77. The Labute approximate surface area is 140 Å². The predicted molar refractivity (Wildman–Crippen MR) is 93.0 cm³/mol. The van der Waals surface area contributed by atoms with E-state index < -0.39 is 5.56 Å². The highest BCUT2D eigenvalue weighted by atomic mass is 16.1. The van der Waals surface area contributed by atoms with Crippen LogP contribution in [0.25, 0.3) is 11.1 Å². The van der Waals surface area contributed by atoms with Crippen molar-refractivity contribution in [2.75, 3.05) is 18.8 Å². The number of nitrogen functional groups attached to an aromatic ring is 1. The van der Waals surface area contributed by atoms with E-state index in [-0.39, 0.29) is 16.9 Å². The second-order valence-corrected chi connectivity index (χ2v) is 5.33. The molecule has 0 spiro atoms. The molecular formula is C18H19N5O. The van der Waals surface area contributed by atoms with Crippen molar-refractivity contribution in [3.05, 3.63) is 51.3 Å². The molecule has 0 aliphatic carbocycles. The standard InChI is InChI=1S/C18H19N5O/c1-3-23(4-2)11-12-7-5-6-8-13(12)16-14(9-19)17(21)22-18(24)15(16)10-20/h5-8H,3-4,11H2,1-2H3,(H3,21,22,24). The van der Waals surface area contributed by atoms with Gasteiger partial charge in [-0.15, -0.1) is 0 Å². The van der Waals surface area contributed by atoms with Crippen molar-refractivity contribution in [2.45, 2.75) is 20.4 Å². The zero-order valence-electron chi connectivity index (χ0n) is 13.8. The number of H-pyrrole nitrogens is 1. The molecule has 6 nitrogen and oxygen atoms in total. The molecule has 1 aromatic heterocycles. The van der Waals surface area contributed by atoms with Gasteiger partial charge in [-0.3, -0.25) is 9.69 Å². The summed E-state index contributed by atoms with van der Waals surface area (Å²) in [6, 6.07) is 11.4. The van der Waals surface area contributed by atoms with Crippen LogP contribution in [-0.2, 0) is 6.54 Å². The van der Waals surface area contributed by atoms with Gasteiger partial charge in [-0.05, 0) is 24.2 Å². The van der Waals surface area contributed by atoms with E-state index >= 15 is 0 Å². The monoisotopic (exact) mass is 321 g/mol. The third-order valence-corrected chi connectivity index (χ3v) is 4.04. The lowest BCUT2D eigenvalue weighted by Gasteiger charge is -2.21. The number of nitrogens with one attached hydrogen (secondary N) is 1. The lowest BCUT2D eigenvalue weighted by atomic mass is 9.92. The normalized spacial score (nSPS) is 10.4. The van der Waals surface area contributed by atoms with Crippen molar-refractivity contribution in [2.24, 2.45) is 0 Å². The number of nitriles is 2. The van der Waals surface area contributed by atoms with E-state index in [0.29, 0.717) is 17.7 Å². The summed E-state index contributed by atoms with van der Waals surface area (Å²) in [7, 11) is 0. The van der Waals surface area contributed by atoms with Gasteiger partial charge in [0, 0.05) is 12.1 Å². The van der Waals surface area contributed by atoms with Gasteiger partial charge in [0.1, 0.15) is 29.1 Å². The summed E-state index contributed by atoms with van der Waals surface area (Å²) in [5.41, 5.74) is 7.19. The third-order valence-electron chi connectivity index (χ3n) is 4.04. The van der Waals surface area contributed by atoms with Crippen molar-refractivity contribution in [1.29, 1.82) is 10.5 Å². The Hall–Kier alpha value is -3.09. The van der Waals surface area contributed by atoms with Crippen molar-refractivity contribution < 1.29 is 0 Å². The summed E-state index contributed by atoms with van der Waals surface area (Å²) in [5.74, 6) is -0.0193. The number of hydrogen-bond donors (Lipinski definition) is 2. The Bertz CT molecular complexity index is 882. The van der Waals surface area contributed by atoms with Crippen LogP contribution in [-0.4, -0.2) is 23.0 Å². The first kappa shape index (κ1) is 17.3. The Morgan fingerprint density at radius 3 is 2.33 bits per heavy atom. The summed E-state index contributed by atoms with van der Waals surface area (Å²) in [6.45, 7) is 6.54. The van der Waals surface area contributed by atoms with Gasteiger partial charge < -0.3 is 10.7 Å². The highest BCUT2D eigenvalue weighted by molar-refractivity contribution is 5.81. The first-order valence-corrected chi connectivity index (χ1v) is 7.73. The number of pyridine rings is 1. The predicted octanol–water partition coefficient (Wildman–Crippen LogP) is 2.21. The van der Waals surface area contributed by atoms with Crippen molar-refractivity contribution in [3.63, 3.8) is 0 Å². The average Bonchev–Trinajstić information content (AvgIpc) is 2.59. The van der Waals surface area contributed by atoms with Gasteiger partial charge in [0.15, 0.2) is 0 Å². The minimum absolute atomic E-state index is 0.0193. The second-order valence-electron chi connectivity index (χ2n) is 5.33.